The van der Waals surface area contributed by atoms with Crippen LogP contribution in [0.15, 0.2) is 95.3 Å². The minimum Gasteiger partial charge on any atom is -0.378 e. The summed E-state index contributed by atoms with van der Waals surface area (Å²) in [6.45, 7) is 1.87. The summed E-state index contributed by atoms with van der Waals surface area (Å²) < 4.78 is 15.9. The third kappa shape index (κ3) is 5.22. The fourth-order valence-electron chi connectivity index (χ4n) is 4.23. The Bertz CT molecular complexity index is 1450. The van der Waals surface area contributed by atoms with Crippen LogP contribution in [0.25, 0.3) is 0 Å². The molecule has 7 nitrogen and oxygen atoms in total. The Balaban J connectivity index is 1.50. The third-order valence-electron chi connectivity index (χ3n) is 6.15. The van der Waals surface area contributed by atoms with Gasteiger partial charge in [-0.05, 0) is 48.4 Å². The molecular weight excluding hydrogens is 487 g/mol. The van der Waals surface area contributed by atoms with Gasteiger partial charge in [-0.2, -0.15) is 4.98 Å². The van der Waals surface area contributed by atoms with E-state index >= 15 is 0 Å². The smallest absolute Gasteiger partial charge is 0.255 e. The summed E-state index contributed by atoms with van der Waals surface area (Å²) in [5, 5.41) is 11.5. The lowest BCUT2D eigenvalue weighted by atomic mass is 9.94. The average Bonchev–Trinajstić information content (AvgIpc) is 3.30. The first-order chi connectivity index (χ1) is 17.9. The highest BCUT2D eigenvalue weighted by atomic mass is 32.2. The number of para-hydroxylation sites is 1. The number of halogens is 1. The van der Waals surface area contributed by atoms with E-state index in [1.54, 1.807) is 16.8 Å². The van der Waals surface area contributed by atoms with Gasteiger partial charge < -0.3 is 15.5 Å². The number of aromatic nitrogens is 3. The number of fused-ring (bicyclic) bond motifs is 1. The monoisotopic (exact) mass is 514 g/mol. The van der Waals surface area contributed by atoms with Gasteiger partial charge in [0.25, 0.3) is 5.91 Å². The van der Waals surface area contributed by atoms with Gasteiger partial charge in [0, 0.05) is 36.9 Å². The van der Waals surface area contributed by atoms with Gasteiger partial charge in [0.1, 0.15) is 11.9 Å². The molecule has 2 heterocycles. The maximum atomic E-state index is 14.1. The standard InChI is InChI=1S/C28H27FN6OS/c1-18-24(26(36)31-21-10-5-4-6-11-21)25(19-13-15-22(16-14-19)34(2)3)35-27(30-18)32-28(33-35)37-17-20-9-7-8-12-23(20)29/h4-16,25H,17H2,1-3H3,(H,31,36)(H,30,32,33). The topological polar surface area (TPSA) is 75.1 Å². The van der Waals surface area contributed by atoms with Crippen LogP contribution in [0.5, 0.6) is 0 Å². The van der Waals surface area contributed by atoms with Crippen molar-refractivity contribution >= 4 is 35.0 Å². The minimum atomic E-state index is -0.494. The quantitative estimate of drug-likeness (QED) is 0.308. The Hall–Kier alpha value is -4.11. The summed E-state index contributed by atoms with van der Waals surface area (Å²) in [5.74, 6) is 0.450. The van der Waals surface area contributed by atoms with Crippen LogP contribution in [0.4, 0.5) is 21.7 Å². The summed E-state index contributed by atoms with van der Waals surface area (Å²) in [5.41, 5.74) is 4.49. The van der Waals surface area contributed by atoms with Crippen molar-refractivity contribution in [3.8, 4) is 0 Å². The molecule has 2 N–H and O–H groups in total. The summed E-state index contributed by atoms with van der Waals surface area (Å²) in [7, 11) is 3.97. The molecule has 0 radical (unpaired) electrons. The van der Waals surface area contributed by atoms with Crippen molar-refractivity contribution in [3.05, 3.63) is 107 Å². The number of carbonyl (C=O) groups excluding carboxylic acids is 1. The van der Waals surface area contributed by atoms with Crippen molar-refractivity contribution in [1.29, 1.82) is 0 Å². The molecule has 3 aromatic carbocycles. The van der Waals surface area contributed by atoms with E-state index in [0.29, 0.717) is 39.4 Å². The first-order valence-corrected chi connectivity index (χ1v) is 12.8. The Morgan fingerprint density at radius 1 is 1.05 bits per heavy atom. The van der Waals surface area contributed by atoms with E-state index in [1.165, 1.54) is 17.8 Å². The third-order valence-corrected chi connectivity index (χ3v) is 7.04. The molecule has 188 valence electrons. The number of anilines is 3. The minimum absolute atomic E-state index is 0.223. The lowest BCUT2D eigenvalue weighted by molar-refractivity contribution is -0.113. The van der Waals surface area contributed by atoms with E-state index in [-0.39, 0.29) is 11.7 Å². The number of carbonyl (C=O) groups is 1. The zero-order valence-corrected chi connectivity index (χ0v) is 21.6. The zero-order chi connectivity index (χ0) is 25.9. The molecule has 1 aromatic heterocycles. The molecule has 0 saturated carbocycles. The van der Waals surface area contributed by atoms with Crippen molar-refractivity contribution in [2.24, 2.45) is 0 Å². The predicted octanol–water partition coefficient (Wildman–Crippen LogP) is 5.70. The van der Waals surface area contributed by atoms with E-state index in [4.69, 9.17) is 5.10 Å². The maximum Gasteiger partial charge on any atom is 0.255 e. The summed E-state index contributed by atoms with van der Waals surface area (Å²) >= 11 is 1.35. The number of amides is 1. The number of thioether (sulfide) groups is 1. The molecule has 9 heteroatoms. The van der Waals surface area contributed by atoms with Crippen molar-refractivity contribution in [1.82, 2.24) is 14.8 Å². The Kier molecular flexibility index (Phi) is 6.96. The normalized spacial score (nSPS) is 14.6. The molecule has 0 bridgehead atoms. The molecule has 1 aliphatic heterocycles. The number of rotatable bonds is 7. The highest BCUT2D eigenvalue weighted by Crippen LogP contribution is 2.37. The van der Waals surface area contributed by atoms with Crippen molar-refractivity contribution < 1.29 is 9.18 Å². The molecule has 1 unspecified atom stereocenters. The predicted molar refractivity (Wildman–Crippen MR) is 146 cm³/mol. The highest BCUT2D eigenvalue weighted by molar-refractivity contribution is 7.98. The molecule has 0 aliphatic carbocycles. The molecule has 1 aliphatic rings. The number of allylic oxidation sites excluding steroid dienone is 1. The second kappa shape index (κ2) is 10.5. The maximum absolute atomic E-state index is 14.1. The van der Waals surface area contributed by atoms with Gasteiger partial charge in [-0.3, -0.25) is 4.79 Å². The molecule has 0 saturated heterocycles. The van der Waals surface area contributed by atoms with Gasteiger partial charge in [-0.1, -0.05) is 60.3 Å². The summed E-state index contributed by atoms with van der Waals surface area (Å²) in [4.78, 5) is 20.3. The fourth-order valence-corrected chi connectivity index (χ4v) is 5.04. The Morgan fingerprint density at radius 3 is 2.46 bits per heavy atom. The van der Waals surface area contributed by atoms with Crippen LogP contribution >= 0.6 is 11.8 Å². The van der Waals surface area contributed by atoms with E-state index < -0.39 is 6.04 Å². The highest BCUT2D eigenvalue weighted by Gasteiger charge is 2.34. The van der Waals surface area contributed by atoms with Crippen molar-refractivity contribution in [2.45, 2.75) is 23.9 Å². The van der Waals surface area contributed by atoms with Gasteiger partial charge in [-0.25, -0.2) is 9.07 Å². The van der Waals surface area contributed by atoms with Crippen molar-refractivity contribution in [2.75, 3.05) is 29.6 Å². The molecule has 37 heavy (non-hydrogen) atoms. The van der Waals surface area contributed by atoms with Crippen LogP contribution in [0, 0.1) is 5.82 Å². The molecule has 0 spiro atoms. The fraction of sp³-hybridized carbons (Fsp3) is 0.179. The van der Waals surface area contributed by atoms with Gasteiger partial charge in [-0.15, -0.1) is 5.10 Å². The Labute approximate surface area is 219 Å². The lowest BCUT2D eigenvalue weighted by Gasteiger charge is -2.29. The van der Waals surface area contributed by atoms with Gasteiger partial charge in [0.15, 0.2) is 0 Å². The number of hydrogen-bond acceptors (Lipinski definition) is 6. The number of hydrogen-bond donors (Lipinski definition) is 2. The van der Waals surface area contributed by atoms with Crippen LogP contribution in [0.3, 0.4) is 0 Å². The largest absolute Gasteiger partial charge is 0.378 e. The lowest BCUT2D eigenvalue weighted by Crippen LogP contribution is -2.31. The van der Waals surface area contributed by atoms with Crippen LogP contribution in [0.1, 0.15) is 24.1 Å². The molecule has 1 amide bonds. The first-order valence-electron chi connectivity index (χ1n) is 11.8. The summed E-state index contributed by atoms with van der Waals surface area (Å²) in [6, 6.07) is 23.6. The van der Waals surface area contributed by atoms with Gasteiger partial charge >= 0.3 is 0 Å². The van der Waals surface area contributed by atoms with Crippen LogP contribution in [-0.4, -0.2) is 34.8 Å². The number of benzene rings is 3. The first kappa shape index (κ1) is 24.6. The summed E-state index contributed by atoms with van der Waals surface area (Å²) in [6.07, 6.45) is 0. The molecule has 5 rings (SSSR count). The molecular formula is C28H27FN6OS. The van der Waals surface area contributed by atoms with Crippen molar-refractivity contribution in [3.63, 3.8) is 0 Å². The van der Waals surface area contributed by atoms with Crippen LogP contribution in [-0.2, 0) is 10.5 Å². The van der Waals surface area contributed by atoms with Gasteiger partial charge in [0.05, 0.1) is 5.57 Å². The molecule has 1 atom stereocenters. The SMILES string of the molecule is CC1=C(C(=O)Nc2ccccc2)C(c2ccc(N(C)C)cc2)n2nc(SCc3ccccc3F)nc2N1. The average molecular weight is 515 g/mol. The van der Waals surface area contributed by atoms with E-state index in [2.05, 4.69) is 15.6 Å². The zero-order valence-electron chi connectivity index (χ0n) is 20.8. The van der Waals surface area contributed by atoms with Gasteiger partial charge in [0.2, 0.25) is 11.1 Å². The van der Waals surface area contributed by atoms with Crippen LogP contribution < -0.4 is 15.5 Å². The number of nitrogens with zero attached hydrogens (tertiary/aromatic N) is 4. The van der Waals surface area contributed by atoms with E-state index in [1.807, 2.05) is 86.6 Å². The van der Waals surface area contributed by atoms with E-state index in [0.717, 1.165) is 11.3 Å². The molecule has 4 aromatic rings. The van der Waals surface area contributed by atoms with Crippen LogP contribution in [0.2, 0.25) is 0 Å². The number of nitrogens with one attached hydrogen (secondary N) is 2. The Morgan fingerprint density at radius 2 is 1.76 bits per heavy atom. The van der Waals surface area contributed by atoms with E-state index in [9.17, 15) is 9.18 Å². The second-order valence-corrected chi connectivity index (χ2v) is 9.86. The molecule has 0 fully saturated rings. The second-order valence-electron chi connectivity index (χ2n) is 8.91.